The number of nitrogens with one attached hydrogen (secondary N) is 1. The Labute approximate surface area is 123 Å². The molecule has 0 radical (unpaired) electrons. The largest absolute Gasteiger partial charge is 0.480 e. The summed E-state index contributed by atoms with van der Waals surface area (Å²) in [5.74, 6) is -1.06. The van der Waals surface area contributed by atoms with Gasteiger partial charge in [0.25, 0.3) is 0 Å². The average Bonchev–Trinajstić information content (AvgIpc) is 2.37. The minimum atomic E-state index is -0.980. The van der Waals surface area contributed by atoms with Gasteiger partial charge < -0.3 is 15.2 Å². The number of rotatable bonds is 6. The fraction of sp³-hybridized carbons (Fsp3) is 0.467. The number of likely N-dealkylation sites (tertiary alicyclic amines) is 1. The van der Waals surface area contributed by atoms with Crippen LogP contribution in [0.2, 0.25) is 0 Å². The maximum absolute atomic E-state index is 11.9. The number of carbonyl (C=O) groups is 2. The van der Waals surface area contributed by atoms with Gasteiger partial charge >= 0.3 is 5.97 Å². The zero-order valence-electron chi connectivity index (χ0n) is 12.3. The van der Waals surface area contributed by atoms with E-state index in [4.69, 9.17) is 9.84 Å². The molecule has 1 heterocycles. The predicted octanol–water partition coefficient (Wildman–Crippen LogP) is 1.11. The van der Waals surface area contributed by atoms with Gasteiger partial charge in [0.2, 0.25) is 5.91 Å². The molecule has 6 nitrogen and oxygen atoms in total. The Morgan fingerprint density at radius 1 is 1.33 bits per heavy atom. The molecule has 1 aromatic carbocycles. The first-order chi connectivity index (χ1) is 9.86. The van der Waals surface area contributed by atoms with E-state index in [1.807, 2.05) is 43.0 Å². The molecule has 0 bridgehead atoms. The lowest BCUT2D eigenvalue weighted by atomic mass is 9.96. The normalized spacial score (nSPS) is 17.0. The van der Waals surface area contributed by atoms with Crippen LogP contribution in [0.1, 0.15) is 12.5 Å². The second kappa shape index (κ2) is 6.24. The van der Waals surface area contributed by atoms with Crippen LogP contribution in [0.3, 0.4) is 0 Å². The van der Waals surface area contributed by atoms with Crippen molar-refractivity contribution in [3.63, 3.8) is 0 Å². The van der Waals surface area contributed by atoms with E-state index in [2.05, 4.69) is 5.32 Å². The van der Waals surface area contributed by atoms with E-state index in [0.29, 0.717) is 13.1 Å². The number of amides is 1. The van der Waals surface area contributed by atoms with Crippen molar-refractivity contribution in [2.75, 3.05) is 31.6 Å². The van der Waals surface area contributed by atoms with Crippen LogP contribution in [0.5, 0.6) is 0 Å². The molecule has 0 spiro atoms. The van der Waals surface area contributed by atoms with Crippen LogP contribution < -0.4 is 5.32 Å². The number of anilines is 1. The molecule has 1 aliphatic rings. The van der Waals surface area contributed by atoms with Crippen LogP contribution in [0.4, 0.5) is 5.69 Å². The molecule has 0 atom stereocenters. The van der Waals surface area contributed by atoms with Gasteiger partial charge in [0.05, 0.1) is 12.1 Å². The van der Waals surface area contributed by atoms with Gasteiger partial charge in [-0.25, -0.2) is 4.79 Å². The summed E-state index contributed by atoms with van der Waals surface area (Å²) in [5.41, 5.74) is 1.45. The highest BCUT2D eigenvalue weighted by Gasteiger charge is 2.40. The summed E-state index contributed by atoms with van der Waals surface area (Å²) in [7, 11) is 0. The van der Waals surface area contributed by atoms with Crippen molar-refractivity contribution in [2.24, 2.45) is 0 Å². The topological polar surface area (TPSA) is 78.9 Å². The Hall–Kier alpha value is -1.92. The van der Waals surface area contributed by atoms with Crippen molar-refractivity contribution in [3.8, 4) is 0 Å². The Bertz CT molecular complexity index is 521. The first-order valence-corrected chi connectivity index (χ1v) is 6.81. The molecule has 21 heavy (non-hydrogen) atoms. The summed E-state index contributed by atoms with van der Waals surface area (Å²) < 4.78 is 5.30. The zero-order chi connectivity index (χ0) is 15.5. The molecule has 0 aromatic heterocycles. The highest BCUT2D eigenvalue weighted by atomic mass is 16.5. The van der Waals surface area contributed by atoms with Gasteiger partial charge in [0, 0.05) is 18.8 Å². The quantitative estimate of drug-likeness (QED) is 0.821. The molecule has 2 rings (SSSR count). The molecule has 0 unspecified atom stereocenters. The maximum atomic E-state index is 11.9. The summed E-state index contributed by atoms with van der Waals surface area (Å²) >= 11 is 0. The first kappa shape index (κ1) is 15.5. The smallest absolute Gasteiger partial charge is 0.329 e. The van der Waals surface area contributed by atoms with Gasteiger partial charge in [0.15, 0.2) is 0 Å². The van der Waals surface area contributed by atoms with E-state index in [1.165, 1.54) is 0 Å². The highest BCUT2D eigenvalue weighted by molar-refractivity contribution is 5.92. The number of aryl methyl sites for hydroxylation is 1. The van der Waals surface area contributed by atoms with Crippen LogP contribution in [0, 0.1) is 6.92 Å². The minimum Gasteiger partial charge on any atom is -0.480 e. The van der Waals surface area contributed by atoms with Crippen LogP contribution in [0.15, 0.2) is 24.3 Å². The molecule has 0 saturated carbocycles. The molecule has 6 heteroatoms. The van der Waals surface area contributed by atoms with Gasteiger partial charge in [-0.2, -0.15) is 0 Å². The van der Waals surface area contributed by atoms with Crippen LogP contribution >= 0.6 is 0 Å². The fourth-order valence-corrected chi connectivity index (χ4v) is 2.38. The number of ether oxygens (including phenoxy) is 1. The van der Waals surface area contributed by atoms with Crippen LogP contribution in [-0.4, -0.2) is 53.7 Å². The highest BCUT2D eigenvalue weighted by Crippen LogP contribution is 2.24. The Kier molecular flexibility index (Phi) is 4.59. The monoisotopic (exact) mass is 292 g/mol. The standard InChI is InChI=1S/C15H20N2O4/c1-11-3-5-12(6-4-11)16-13(18)7-17-9-15(2,10-17)21-8-14(19)20/h3-6H,7-10H2,1-2H3,(H,16,18)(H,19,20). The average molecular weight is 292 g/mol. The van der Waals surface area contributed by atoms with Crippen molar-refractivity contribution in [1.29, 1.82) is 0 Å². The molecule has 1 fully saturated rings. The number of carboxylic acid groups (broad SMARTS) is 1. The maximum Gasteiger partial charge on any atom is 0.329 e. The number of hydrogen-bond acceptors (Lipinski definition) is 4. The van der Waals surface area contributed by atoms with E-state index < -0.39 is 11.6 Å². The molecule has 2 N–H and O–H groups in total. The summed E-state index contributed by atoms with van der Waals surface area (Å²) in [6.07, 6.45) is 0. The number of hydrogen-bond donors (Lipinski definition) is 2. The van der Waals surface area contributed by atoms with Crippen molar-refractivity contribution in [3.05, 3.63) is 29.8 Å². The van der Waals surface area contributed by atoms with E-state index in [9.17, 15) is 9.59 Å². The van der Waals surface area contributed by atoms with Crippen molar-refractivity contribution in [1.82, 2.24) is 4.90 Å². The second-order valence-electron chi connectivity index (χ2n) is 5.69. The van der Waals surface area contributed by atoms with Crippen LogP contribution in [0.25, 0.3) is 0 Å². The van der Waals surface area contributed by atoms with Crippen molar-refractivity contribution < 1.29 is 19.4 Å². The molecular formula is C15H20N2O4. The lowest BCUT2D eigenvalue weighted by molar-refractivity contribution is -0.165. The van der Waals surface area contributed by atoms with E-state index in [-0.39, 0.29) is 19.1 Å². The van der Waals surface area contributed by atoms with E-state index in [1.54, 1.807) is 0 Å². The first-order valence-electron chi connectivity index (χ1n) is 6.81. The lowest BCUT2D eigenvalue weighted by Crippen LogP contribution is -2.63. The predicted molar refractivity (Wildman–Crippen MR) is 78.2 cm³/mol. The summed E-state index contributed by atoms with van der Waals surface area (Å²) in [6.45, 7) is 4.93. The second-order valence-corrected chi connectivity index (χ2v) is 5.69. The van der Waals surface area contributed by atoms with Crippen molar-refractivity contribution in [2.45, 2.75) is 19.4 Å². The van der Waals surface area contributed by atoms with Gasteiger partial charge in [-0.3, -0.25) is 9.69 Å². The Morgan fingerprint density at radius 3 is 2.52 bits per heavy atom. The molecule has 1 aliphatic heterocycles. The number of nitrogens with zero attached hydrogens (tertiary/aromatic N) is 1. The zero-order valence-corrected chi connectivity index (χ0v) is 12.3. The Morgan fingerprint density at radius 2 is 1.95 bits per heavy atom. The molecule has 1 aromatic rings. The molecule has 0 aliphatic carbocycles. The summed E-state index contributed by atoms with van der Waals surface area (Å²) in [6, 6.07) is 7.61. The van der Waals surface area contributed by atoms with Gasteiger partial charge in [0.1, 0.15) is 6.61 Å². The molecule has 1 amide bonds. The third kappa shape index (κ3) is 4.54. The van der Waals surface area contributed by atoms with E-state index >= 15 is 0 Å². The van der Waals surface area contributed by atoms with Gasteiger partial charge in [-0.1, -0.05) is 17.7 Å². The number of carboxylic acids is 1. The SMILES string of the molecule is Cc1ccc(NC(=O)CN2CC(C)(OCC(=O)O)C2)cc1. The minimum absolute atomic E-state index is 0.0841. The lowest BCUT2D eigenvalue weighted by Gasteiger charge is -2.46. The molecule has 1 saturated heterocycles. The third-order valence-corrected chi connectivity index (χ3v) is 3.36. The van der Waals surface area contributed by atoms with Crippen LogP contribution in [-0.2, 0) is 14.3 Å². The van der Waals surface area contributed by atoms with Gasteiger partial charge in [-0.05, 0) is 26.0 Å². The number of carbonyl (C=O) groups excluding carboxylic acids is 1. The third-order valence-electron chi connectivity index (χ3n) is 3.36. The summed E-state index contributed by atoms with van der Waals surface area (Å²) in [4.78, 5) is 24.3. The molecule has 114 valence electrons. The van der Waals surface area contributed by atoms with E-state index in [0.717, 1.165) is 11.3 Å². The fourth-order valence-electron chi connectivity index (χ4n) is 2.38. The Balaban J connectivity index is 1.73. The molecular weight excluding hydrogens is 272 g/mol. The summed E-state index contributed by atoms with van der Waals surface area (Å²) in [5, 5.41) is 11.4. The van der Waals surface area contributed by atoms with Gasteiger partial charge in [-0.15, -0.1) is 0 Å². The number of benzene rings is 1. The van der Waals surface area contributed by atoms with Crippen molar-refractivity contribution >= 4 is 17.6 Å². The number of aliphatic carboxylic acids is 1.